The lowest BCUT2D eigenvalue weighted by Crippen LogP contribution is -2.16. The normalized spacial score (nSPS) is 10.9. The second kappa shape index (κ2) is 5.54. The highest BCUT2D eigenvalue weighted by molar-refractivity contribution is 6.83. The van der Waals surface area contributed by atoms with Crippen molar-refractivity contribution in [2.24, 2.45) is 0 Å². The van der Waals surface area contributed by atoms with E-state index < -0.39 is 8.07 Å². The van der Waals surface area contributed by atoms with Crippen LogP contribution in [0.4, 0.5) is 0 Å². The van der Waals surface area contributed by atoms with Gasteiger partial charge >= 0.3 is 0 Å². The molecule has 0 fully saturated rings. The first-order valence-corrected chi connectivity index (χ1v) is 9.23. The number of nitrogens with zero attached hydrogens (tertiary/aromatic N) is 1. The zero-order valence-electron chi connectivity index (χ0n) is 10.2. The summed E-state index contributed by atoms with van der Waals surface area (Å²) in [5.74, 6) is 2.86. The van der Waals surface area contributed by atoms with E-state index in [1.807, 2.05) is 0 Å². The third-order valence-corrected chi connectivity index (χ3v) is 3.08. The van der Waals surface area contributed by atoms with Crippen LogP contribution in [0.2, 0.25) is 24.8 Å². The highest BCUT2D eigenvalue weighted by atomic mass is 35.5. The van der Waals surface area contributed by atoms with Crippen molar-refractivity contribution < 1.29 is 10.2 Å². The Morgan fingerprint density at radius 1 is 1.41 bits per heavy atom. The molecule has 0 unspecified atom stereocenters. The van der Waals surface area contributed by atoms with Crippen molar-refractivity contribution in [1.82, 2.24) is 4.98 Å². The summed E-state index contributed by atoms with van der Waals surface area (Å²) in [6.07, 6.45) is 0.404. The van der Waals surface area contributed by atoms with Gasteiger partial charge in [-0.3, -0.25) is 0 Å². The third kappa shape index (κ3) is 4.39. The minimum Gasteiger partial charge on any atom is -0.504 e. The van der Waals surface area contributed by atoms with E-state index in [2.05, 4.69) is 36.1 Å². The molecular weight excluding hydrogens is 254 g/mol. The smallest absolute Gasteiger partial charge is 0.172 e. The molecule has 0 amide bonds. The van der Waals surface area contributed by atoms with Gasteiger partial charge in [0.05, 0.1) is 5.56 Å². The van der Waals surface area contributed by atoms with E-state index in [1.165, 1.54) is 0 Å². The molecule has 0 saturated carbocycles. The monoisotopic (exact) mass is 269 g/mol. The Morgan fingerprint density at radius 2 is 2.06 bits per heavy atom. The predicted octanol–water partition coefficient (Wildman–Crippen LogP) is 2.20. The topological polar surface area (TPSA) is 53.4 Å². The fourth-order valence-corrected chi connectivity index (χ4v) is 1.87. The van der Waals surface area contributed by atoms with Gasteiger partial charge in [-0.05, 0) is 6.07 Å². The third-order valence-electron chi connectivity index (χ3n) is 1.94. The van der Waals surface area contributed by atoms with Crippen LogP contribution < -0.4 is 0 Å². The molecule has 0 atom stereocenters. The highest BCUT2D eigenvalue weighted by Gasteiger charge is 2.11. The van der Waals surface area contributed by atoms with Gasteiger partial charge in [0.1, 0.15) is 8.07 Å². The molecule has 1 heterocycles. The molecule has 0 aromatic carbocycles. The lowest BCUT2D eigenvalue weighted by atomic mass is 10.2. The Hall–Kier alpha value is -1.02. The molecule has 0 saturated heterocycles. The Morgan fingerprint density at radius 3 is 2.59 bits per heavy atom. The number of hydrogen-bond donors (Lipinski definition) is 2. The van der Waals surface area contributed by atoms with Crippen LogP contribution in [-0.4, -0.2) is 29.9 Å². The summed E-state index contributed by atoms with van der Waals surface area (Å²) >= 11 is 5.81. The number of halogens is 1. The molecule has 0 aliphatic carbocycles. The summed E-state index contributed by atoms with van der Waals surface area (Å²) in [6, 6.07) is 1.67. The summed E-state index contributed by atoms with van der Waals surface area (Å²) in [5, 5.41) is 18.6. The van der Waals surface area contributed by atoms with E-state index in [9.17, 15) is 5.11 Å². The van der Waals surface area contributed by atoms with Crippen LogP contribution in [-0.2, 0) is 6.42 Å². The van der Waals surface area contributed by atoms with Gasteiger partial charge in [-0.2, -0.15) is 0 Å². The number of aliphatic hydroxyl groups excluding tert-OH is 1. The number of aromatic nitrogens is 1. The number of aromatic hydroxyl groups is 1. The number of pyridine rings is 1. The Labute approximate surface area is 107 Å². The van der Waals surface area contributed by atoms with Crippen molar-refractivity contribution >= 4 is 19.7 Å². The minimum absolute atomic E-state index is 0.00497. The quantitative estimate of drug-likeness (QED) is 0.492. The predicted molar refractivity (Wildman–Crippen MR) is 71.9 cm³/mol. The molecule has 92 valence electrons. The first-order valence-electron chi connectivity index (χ1n) is 5.36. The minimum atomic E-state index is -1.50. The lowest BCUT2D eigenvalue weighted by molar-refractivity contribution is 0.298. The van der Waals surface area contributed by atoms with Gasteiger partial charge in [0.25, 0.3) is 0 Å². The van der Waals surface area contributed by atoms with Crippen molar-refractivity contribution in [1.29, 1.82) is 0 Å². The van der Waals surface area contributed by atoms with Gasteiger partial charge in [-0.25, -0.2) is 4.98 Å². The molecule has 1 aromatic rings. The van der Waals surface area contributed by atoms with Crippen LogP contribution in [0.3, 0.4) is 0 Å². The zero-order valence-corrected chi connectivity index (χ0v) is 12.0. The molecule has 3 nitrogen and oxygen atoms in total. The van der Waals surface area contributed by atoms with Gasteiger partial charge < -0.3 is 10.2 Å². The van der Waals surface area contributed by atoms with E-state index >= 15 is 0 Å². The fraction of sp³-hybridized carbons (Fsp3) is 0.417. The lowest BCUT2D eigenvalue weighted by Gasteiger charge is -2.06. The molecule has 0 spiro atoms. The first-order chi connectivity index (χ1) is 7.83. The summed E-state index contributed by atoms with van der Waals surface area (Å²) in [5.41, 5.74) is 4.27. The van der Waals surface area contributed by atoms with Crippen molar-refractivity contribution in [3.8, 4) is 17.2 Å². The fourth-order valence-electron chi connectivity index (χ4n) is 1.15. The maximum Gasteiger partial charge on any atom is 0.172 e. The molecular formula is C12H16ClNO2Si. The number of aliphatic hydroxyl groups is 1. The Balaban J connectivity index is 3.17. The van der Waals surface area contributed by atoms with Gasteiger partial charge in [-0.1, -0.05) is 37.2 Å². The standard InChI is InChI=1S/C12H16ClNO2Si/c1-17(2,3)7-5-9-8-10(4-6-15)14-12(13)11(9)16/h8,15-16H,4,6H2,1-3H3. The van der Waals surface area contributed by atoms with E-state index in [0.29, 0.717) is 17.7 Å². The van der Waals surface area contributed by atoms with Gasteiger partial charge in [0, 0.05) is 18.7 Å². The van der Waals surface area contributed by atoms with Crippen LogP contribution in [0.1, 0.15) is 11.3 Å². The molecule has 5 heteroatoms. The van der Waals surface area contributed by atoms with Crippen molar-refractivity contribution in [2.75, 3.05) is 6.61 Å². The first kappa shape index (κ1) is 14.0. The van der Waals surface area contributed by atoms with Crippen molar-refractivity contribution in [3.05, 3.63) is 22.5 Å². The van der Waals surface area contributed by atoms with Crippen LogP contribution in [0.5, 0.6) is 5.75 Å². The number of hydrogen-bond acceptors (Lipinski definition) is 3. The molecule has 0 radical (unpaired) electrons. The maximum atomic E-state index is 9.74. The molecule has 0 bridgehead atoms. The zero-order chi connectivity index (χ0) is 13.1. The highest BCUT2D eigenvalue weighted by Crippen LogP contribution is 2.25. The van der Waals surface area contributed by atoms with Crippen molar-refractivity contribution in [2.45, 2.75) is 26.1 Å². The average molecular weight is 270 g/mol. The summed E-state index contributed by atoms with van der Waals surface area (Å²) in [7, 11) is -1.50. The second-order valence-corrected chi connectivity index (χ2v) is 9.88. The van der Waals surface area contributed by atoms with Crippen LogP contribution in [0.15, 0.2) is 6.07 Å². The average Bonchev–Trinajstić information content (AvgIpc) is 2.20. The molecule has 0 aliphatic rings. The van der Waals surface area contributed by atoms with Gasteiger partial charge in [0.2, 0.25) is 0 Å². The summed E-state index contributed by atoms with van der Waals surface area (Å²) in [4.78, 5) is 3.97. The van der Waals surface area contributed by atoms with Gasteiger partial charge in [-0.15, -0.1) is 5.54 Å². The van der Waals surface area contributed by atoms with Gasteiger partial charge in [0.15, 0.2) is 10.9 Å². The molecule has 17 heavy (non-hydrogen) atoms. The molecule has 2 N–H and O–H groups in total. The molecule has 0 aliphatic heterocycles. The SMILES string of the molecule is C[Si](C)(C)C#Cc1cc(CCO)nc(Cl)c1O. The van der Waals surface area contributed by atoms with Crippen LogP contribution in [0, 0.1) is 11.5 Å². The summed E-state index contributed by atoms with van der Waals surface area (Å²) < 4.78 is 0. The van der Waals surface area contributed by atoms with Crippen LogP contribution in [0.25, 0.3) is 0 Å². The van der Waals surface area contributed by atoms with E-state index in [4.69, 9.17) is 16.7 Å². The second-order valence-electron chi connectivity index (χ2n) is 4.77. The van der Waals surface area contributed by atoms with Crippen molar-refractivity contribution in [3.63, 3.8) is 0 Å². The van der Waals surface area contributed by atoms with E-state index in [0.717, 1.165) is 0 Å². The largest absolute Gasteiger partial charge is 0.504 e. The van der Waals surface area contributed by atoms with E-state index in [1.54, 1.807) is 6.07 Å². The Bertz CT molecular complexity index is 472. The summed E-state index contributed by atoms with van der Waals surface area (Å²) in [6.45, 7) is 6.35. The van der Waals surface area contributed by atoms with Crippen LogP contribution >= 0.6 is 11.6 Å². The molecule has 1 aromatic heterocycles. The molecule has 1 rings (SSSR count). The Kier molecular flexibility index (Phi) is 4.58. The van der Waals surface area contributed by atoms with E-state index in [-0.39, 0.29) is 17.5 Å². The maximum absolute atomic E-state index is 9.74. The number of rotatable bonds is 2.